The molecule has 0 amide bonds. The molecule has 102 valence electrons. The Morgan fingerprint density at radius 3 is 2.63 bits per heavy atom. The van der Waals surface area contributed by atoms with Crippen molar-refractivity contribution in [3.63, 3.8) is 0 Å². The fourth-order valence-electron chi connectivity index (χ4n) is 1.62. The van der Waals surface area contributed by atoms with Gasteiger partial charge in [0, 0.05) is 35.0 Å². The highest BCUT2D eigenvalue weighted by Crippen LogP contribution is 2.23. The highest BCUT2D eigenvalue weighted by Gasteiger charge is 2.15. The summed E-state index contributed by atoms with van der Waals surface area (Å²) in [6.45, 7) is 7.04. The van der Waals surface area contributed by atoms with Crippen molar-refractivity contribution in [1.82, 2.24) is 14.7 Å². The topological polar surface area (TPSA) is 60.9 Å². The molecule has 0 spiro atoms. The van der Waals surface area contributed by atoms with Crippen LogP contribution in [0.1, 0.15) is 20.8 Å². The molecule has 0 radical (unpaired) electrons. The second-order valence-corrected chi connectivity index (χ2v) is 7.04. The van der Waals surface area contributed by atoms with Crippen LogP contribution < -0.4 is 5.76 Å². The lowest BCUT2D eigenvalue weighted by Gasteiger charge is -2.17. The average Bonchev–Trinajstić information content (AvgIpc) is 2.71. The number of pyridine rings is 1. The lowest BCUT2D eigenvalue weighted by Crippen LogP contribution is -2.19. The molecule has 2 aromatic rings. The van der Waals surface area contributed by atoms with E-state index in [-0.39, 0.29) is 4.75 Å². The fourth-order valence-corrected chi connectivity index (χ4v) is 2.50. The van der Waals surface area contributed by atoms with E-state index < -0.39 is 5.76 Å². The third kappa shape index (κ3) is 3.70. The summed E-state index contributed by atoms with van der Waals surface area (Å²) in [5.74, 6) is 0.978. The van der Waals surface area contributed by atoms with Crippen LogP contribution in [-0.4, -0.2) is 25.2 Å². The molecular formula is C13H17N3O2S. The van der Waals surface area contributed by atoms with E-state index in [1.165, 1.54) is 0 Å². The van der Waals surface area contributed by atoms with Gasteiger partial charge in [-0.1, -0.05) is 25.9 Å². The zero-order chi connectivity index (χ0) is 13.9. The minimum Gasteiger partial charge on any atom is -0.295 e. The van der Waals surface area contributed by atoms with Crippen LogP contribution in [0.3, 0.4) is 0 Å². The van der Waals surface area contributed by atoms with Gasteiger partial charge in [-0.2, -0.15) is 11.8 Å². The second-order valence-electron chi connectivity index (χ2n) is 5.12. The first-order chi connectivity index (χ1) is 8.97. The molecule has 2 aromatic heterocycles. The predicted molar refractivity (Wildman–Crippen MR) is 76.2 cm³/mol. The largest absolute Gasteiger partial charge is 0.441 e. The molecule has 0 saturated carbocycles. The van der Waals surface area contributed by atoms with Crippen LogP contribution in [-0.2, 0) is 6.54 Å². The summed E-state index contributed by atoms with van der Waals surface area (Å²) in [6, 6.07) is 3.62. The van der Waals surface area contributed by atoms with Crippen LogP contribution in [0.25, 0.3) is 11.4 Å². The van der Waals surface area contributed by atoms with Crippen LogP contribution in [0, 0.1) is 0 Å². The van der Waals surface area contributed by atoms with Crippen molar-refractivity contribution >= 4 is 11.8 Å². The Bertz CT molecular complexity index is 584. The smallest absolute Gasteiger partial charge is 0.295 e. The summed E-state index contributed by atoms with van der Waals surface area (Å²) in [6.07, 6.45) is 3.34. The average molecular weight is 279 g/mol. The molecule has 2 heterocycles. The molecule has 5 nitrogen and oxygen atoms in total. The Morgan fingerprint density at radius 1 is 1.32 bits per heavy atom. The maximum Gasteiger partial charge on any atom is 0.441 e. The number of rotatable bonds is 4. The Labute approximate surface area is 116 Å². The van der Waals surface area contributed by atoms with Crippen molar-refractivity contribution in [2.45, 2.75) is 32.1 Å². The maximum absolute atomic E-state index is 11.7. The third-order valence-corrected chi connectivity index (χ3v) is 3.73. The SMILES string of the molecule is CC(C)(C)SCCn1c(-c2ccncc2)noc1=O. The first-order valence-electron chi connectivity index (χ1n) is 6.08. The van der Waals surface area contributed by atoms with Crippen LogP contribution in [0.4, 0.5) is 0 Å². The minimum atomic E-state index is -0.415. The zero-order valence-corrected chi connectivity index (χ0v) is 12.1. The number of hydrogen-bond donors (Lipinski definition) is 0. The van der Waals surface area contributed by atoms with Gasteiger partial charge in [0.1, 0.15) is 0 Å². The van der Waals surface area contributed by atoms with E-state index in [0.717, 1.165) is 11.3 Å². The number of hydrogen-bond acceptors (Lipinski definition) is 5. The number of aromatic nitrogens is 3. The molecule has 2 rings (SSSR count). The normalized spacial score (nSPS) is 11.7. The Morgan fingerprint density at radius 2 is 2.00 bits per heavy atom. The summed E-state index contributed by atoms with van der Waals surface area (Å²) >= 11 is 1.80. The Kier molecular flexibility index (Phi) is 4.09. The van der Waals surface area contributed by atoms with Gasteiger partial charge >= 0.3 is 5.76 Å². The van der Waals surface area contributed by atoms with Gasteiger partial charge in [0.05, 0.1) is 0 Å². The number of nitrogens with zero attached hydrogens (tertiary/aromatic N) is 3. The molecule has 0 aromatic carbocycles. The molecular weight excluding hydrogens is 262 g/mol. The van der Waals surface area contributed by atoms with E-state index in [1.54, 1.807) is 28.7 Å². The van der Waals surface area contributed by atoms with Gasteiger partial charge in [0.15, 0.2) is 5.82 Å². The van der Waals surface area contributed by atoms with E-state index in [2.05, 4.69) is 30.9 Å². The second kappa shape index (κ2) is 5.61. The summed E-state index contributed by atoms with van der Waals surface area (Å²) in [5, 5.41) is 3.84. The van der Waals surface area contributed by atoms with Crippen LogP contribution >= 0.6 is 11.8 Å². The van der Waals surface area contributed by atoms with E-state index in [1.807, 2.05) is 12.1 Å². The van der Waals surface area contributed by atoms with Crippen molar-refractivity contribution in [1.29, 1.82) is 0 Å². The predicted octanol–water partition coefficient (Wildman–Crippen LogP) is 2.43. The van der Waals surface area contributed by atoms with Crippen LogP contribution in [0.2, 0.25) is 0 Å². The Balaban J connectivity index is 2.17. The molecule has 0 aliphatic carbocycles. The summed E-state index contributed by atoms with van der Waals surface area (Å²) in [5.41, 5.74) is 0.835. The molecule has 19 heavy (non-hydrogen) atoms. The van der Waals surface area contributed by atoms with Gasteiger partial charge in [0.2, 0.25) is 0 Å². The zero-order valence-electron chi connectivity index (χ0n) is 11.3. The van der Waals surface area contributed by atoms with Gasteiger partial charge < -0.3 is 0 Å². The third-order valence-electron chi connectivity index (χ3n) is 2.47. The van der Waals surface area contributed by atoms with Crippen molar-refractivity contribution in [3.05, 3.63) is 35.1 Å². The molecule has 0 saturated heterocycles. The quantitative estimate of drug-likeness (QED) is 0.860. The molecule has 0 unspecified atom stereocenters. The van der Waals surface area contributed by atoms with Crippen molar-refractivity contribution in [2.24, 2.45) is 0 Å². The summed E-state index contributed by atoms with van der Waals surface area (Å²) < 4.78 is 6.50. The van der Waals surface area contributed by atoms with Gasteiger partial charge in [-0.05, 0) is 12.1 Å². The van der Waals surface area contributed by atoms with Crippen molar-refractivity contribution in [3.8, 4) is 11.4 Å². The van der Waals surface area contributed by atoms with Crippen LogP contribution in [0.15, 0.2) is 33.8 Å². The van der Waals surface area contributed by atoms with Gasteiger partial charge in [-0.15, -0.1) is 0 Å². The van der Waals surface area contributed by atoms with Gasteiger partial charge in [-0.25, -0.2) is 4.79 Å². The standard InChI is InChI=1S/C13H17N3O2S/c1-13(2,3)19-9-8-16-11(15-18-12(16)17)10-4-6-14-7-5-10/h4-7H,8-9H2,1-3H3. The fraction of sp³-hybridized carbons (Fsp3) is 0.462. The van der Waals surface area contributed by atoms with E-state index in [0.29, 0.717) is 12.4 Å². The van der Waals surface area contributed by atoms with Crippen LogP contribution in [0.5, 0.6) is 0 Å². The van der Waals surface area contributed by atoms with Gasteiger partial charge in [0.25, 0.3) is 0 Å². The van der Waals surface area contributed by atoms with E-state index in [9.17, 15) is 4.79 Å². The number of thioether (sulfide) groups is 1. The van der Waals surface area contributed by atoms with Crippen molar-refractivity contribution in [2.75, 3.05) is 5.75 Å². The lowest BCUT2D eigenvalue weighted by molar-refractivity contribution is 0.377. The highest BCUT2D eigenvalue weighted by molar-refractivity contribution is 8.00. The highest BCUT2D eigenvalue weighted by atomic mass is 32.2. The summed E-state index contributed by atoms with van der Waals surface area (Å²) in [7, 11) is 0. The molecule has 0 bridgehead atoms. The van der Waals surface area contributed by atoms with Crippen molar-refractivity contribution < 1.29 is 4.52 Å². The van der Waals surface area contributed by atoms with E-state index in [4.69, 9.17) is 4.52 Å². The lowest BCUT2D eigenvalue weighted by atomic mass is 10.2. The van der Waals surface area contributed by atoms with Gasteiger partial charge in [-0.3, -0.25) is 14.1 Å². The molecule has 0 fully saturated rings. The summed E-state index contributed by atoms with van der Waals surface area (Å²) in [4.78, 5) is 15.6. The van der Waals surface area contributed by atoms with E-state index >= 15 is 0 Å². The monoisotopic (exact) mass is 279 g/mol. The minimum absolute atomic E-state index is 0.178. The maximum atomic E-state index is 11.7. The Hall–Kier alpha value is -1.56. The molecule has 0 N–H and O–H groups in total. The molecule has 0 atom stereocenters. The first-order valence-corrected chi connectivity index (χ1v) is 7.07. The molecule has 6 heteroatoms. The first kappa shape index (κ1) is 13.9. The molecule has 0 aliphatic rings. The molecule has 0 aliphatic heterocycles.